The first kappa shape index (κ1) is 13.1. The van der Waals surface area contributed by atoms with E-state index in [-0.39, 0.29) is 0 Å². The van der Waals surface area contributed by atoms with E-state index >= 15 is 0 Å². The zero-order valence-corrected chi connectivity index (χ0v) is 12.3. The maximum Gasteiger partial charge on any atom is 0.226 e. The van der Waals surface area contributed by atoms with Crippen molar-refractivity contribution in [3.8, 4) is 0 Å². The average Bonchev–Trinajstić information content (AvgIpc) is 3.05. The highest BCUT2D eigenvalue weighted by Crippen LogP contribution is 2.24. The Morgan fingerprint density at radius 2 is 2.20 bits per heavy atom. The van der Waals surface area contributed by atoms with Crippen LogP contribution in [-0.4, -0.2) is 26.5 Å². The number of hydrogen-bond donors (Lipinski definition) is 3. The molecule has 0 spiro atoms. The number of rotatable bonds is 5. The Labute approximate surface area is 124 Å². The molecule has 104 valence electrons. The van der Waals surface area contributed by atoms with Crippen LogP contribution >= 0.6 is 22.9 Å². The van der Waals surface area contributed by atoms with Crippen LogP contribution in [0.4, 0.5) is 11.8 Å². The highest BCUT2D eigenvalue weighted by molar-refractivity contribution is 7.16. The Morgan fingerprint density at radius 1 is 1.30 bits per heavy atom. The van der Waals surface area contributed by atoms with Crippen molar-refractivity contribution >= 4 is 45.9 Å². The van der Waals surface area contributed by atoms with Crippen molar-refractivity contribution in [3.63, 3.8) is 0 Å². The molecule has 8 heteroatoms. The van der Waals surface area contributed by atoms with Gasteiger partial charge in [0.15, 0.2) is 11.5 Å². The van der Waals surface area contributed by atoms with Crippen molar-refractivity contribution in [1.82, 2.24) is 19.9 Å². The number of hydrogen-bond acceptors (Lipinski definition) is 6. The van der Waals surface area contributed by atoms with E-state index in [1.807, 2.05) is 19.1 Å². The van der Waals surface area contributed by atoms with Gasteiger partial charge in [0.05, 0.1) is 17.2 Å². The van der Waals surface area contributed by atoms with Crippen molar-refractivity contribution < 1.29 is 0 Å². The standard InChI is InChI=1S/C12H13ClN6S/c1-2-14-12-18-10(9-11(19-12)17-6-16-9)15-5-7-3-4-8(13)20-7/h3-4,6H,2,5H2,1H3,(H3,14,15,16,17,18,19). The molecule has 0 saturated heterocycles. The van der Waals surface area contributed by atoms with Gasteiger partial charge >= 0.3 is 0 Å². The van der Waals surface area contributed by atoms with Gasteiger partial charge in [-0.15, -0.1) is 11.3 Å². The van der Waals surface area contributed by atoms with Gasteiger partial charge in [0, 0.05) is 11.4 Å². The predicted molar refractivity (Wildman–Crippen MR) is 82.5 cm³/mol. The smallest absolute Gasteiger partial charge is 0.226 e. The topological polar surface area (TPSA) is 78.5 Å². The van der Waals surface area contributed by atoms with Crippen LogP contribution in [0.25, 0.3) is 11.2 Å². The minimum absolute atomic E-state index is 0.568. The van der Waals surface area contributed by atoms with Gasteiger partial charge in [-0.2, -0.15) is 9.97 Å². The van der Waals surface area contributed by atoms with E-state index in [0.29, 0.717) is 18.1 Å². The van der Waals surface area contributed by atoms with Gasteiger partial charge in [-0.3, -0.25) is 0 Å². The fourth-order valence-electron chi connectivity index (χ4n) is 1.82. The lowest BCUT2D eigenvalue weighted by molar-refractivity contribution is 1.08. The molecule has 0 aromatic carbocycles. The summed E-state index contributed by atoms with van der Waals surface area (Å²) in [4.78, 5) is 17.1. The summed E-state index contributed by atoms with van der Waals surface area (Å²) >= 11 is 7.47. The van der Waals surface area contributed by atoms with E-state index in [4.69, 9.17) is 11.6 Å². The second kappa shape index (κ2) is 5.64. The van der Waals surface area contributed by atoms with Gasteiger partial charge in [0.1, 0.15) is 5.52 Å². The number of nitrogens with zero attached hydrogens (tertiary/aromatic N) is 3. The number of H-pyrrole nitrogens is 1. The summed E-state index contributed by atoms with van der Waals surface area (Å²) in [5, 5.41) is 6.39. The fraction of sp³-hybridized carbons (Fsp3) is 0.250. The Morgan fingerprint density at radius 3 is 2.95 bits per heavy atom. The molecule has 0 radical (unpaired) electrons. The summed E-state index contributed by atoms with van der Waals surface area (Å²) in [6.45, 7) is 3.42. The second-order valence-corrected chi connectivity index (χ2v) is 5.89. The van der Waals surface area contributed by atoms with Crippen LogP contribution in [0.1, 0.15) is 11.8 Å². The van der Waals surface area contributed by atoms with Gasteiger partial charge in [-0.05, 0) is 19.1 Å². The maximum absolute atomic E-state index is 5.93. The van der Waals surface area contributed by atoms with Crippen molar-refractivity contribution in [3.05, 3.63) is 27.7 Å². The van der Waals surface area contributed by atoms with Crippen LogP contribution in [0.15, 0.2) is 18.5 Å². The third-order valence-corrected chi connectivity index (χ3v) is 3.91. The zero-order valence-electron chi connectivity index (χ0n) is 10.8. The summed E-state index contributed by atoms with van der Waals surface area (Å²) < 4.78 is 0.782. The van der Waals surface area contributed by atoms with Crippen LogP contribution in [0.3, 0.4) is 0 Å². The van der Waals surface area contributed by atoms with Gasteiger partial charge in [0.2, 0.25) is 5.95 Å². The quantitative estimate of drug-likeness (QED) is 0.675. The Balaban J connectivity index is 1.87. The lowest BCUT2D eigenvalue weighted by Crippen LogP contribution is -2.07. The van der Waals surface area contributed by atoms with E-state index in [1.165, 1.54) is 0 Å². The molecule has 3 aromatic heterocycles. The normalized spacial score (nSPS) is 10.9. The van der Waals surface area contributed by atoms with Crippen LogP contribution in [0.5, 0.6) is 0 Å². The Bertz CT molecular complexity index is 722. The van der Waals surface area contributed by atoms with Crippen molar-refractivity contribution in [2.45, 2.75) is 13.5 Å². The molecule has 0 fully saturated rings. The number of imidazole rings is 1. The SMILES string of the molecule is CCNc1nc(NCc2ccc(Cl)s2)c2[nH]cnc2n1. The largest absolute Gasteiger partial charge is 0.363 e. The number of nitrogens with one attached hydrogen (secondary N) is 3. The first-order chi connectivity index (χ1) is 9.76. The third kappa shape index (κ3) is 2.68. The molecule has 20 heavy (non-hydrogen) atoms. The van der Waals surface area contributed by atoms with Crippen molar-refractivity contribution in [1.29, 1.82) is 0 Å². The van der Waals surface area contributed by atoms with E-state index < -0.39 is 0 Å². The molecular weight excluding hydrogens is 296 g/mol. The fourth-order valence-corrected chi connectivity index (χ4v) is 2.84. The summed E-state index contributed by atoms with van der Waals surface area (Å²) in [6, 6.07) is 3.88. The molecule has 3 aromatic rings. The molecule has 3 rings (SSSR count). The molecule has 0 aliphatic rings. The van der Waals surface area contributed by atoms with Gasteiger partial charge in [-0.25, -0.2) is 4.98 Å². The van der Waals surface area contributed by atoms with E-state index in [1.54, 1.807) is 17.7 Å². The van der Waals surface area contributed by atoms with Crippen LogP contribution in [0.2, 0.25) is 4.34 Å². The zero-order chi connectivity index (χ0) is 13.9. The molecule has 3 N–H and O–H groups in total. The highest BCUT2D eigenvalue weighted by Gasteiger charge is 2.09. The first-order valence-electron chi connectivity index (χ1n) is 6.19. The minimum Gasteiger partial charge on any atom is -0.363 e. The second-order valence-electron chi connectivity index (χ2n) is 4.09. The average molecular weight is 309 g/mol. The summed E-state index contributed by atoms with van der Waals surface area (Å²) in [5.41, 5.74) is 1.44. The minimum atomic E-state index is 0.568. The van der Waals surface area contributed by atoms with Crippen LogP contribution < -0.4 is 10.6 Å². The van der Waals surface area contributed by atoms with E-state index in [9.17, 15) is 0 Å². The molecule has 0 atom stereocenters. The molecular formula is C12H13ClN6S. The monoisotopic (exact) mass is 308 g/mol. The lowest BCUT2D eigenvalue weighted by atomic mass is 10.4. The summed E-state index contributed by atoms with van der Waals surface area (Å²) in [7, 11) is 0. The molecule has 0 unspecified atom stereocenters. The van der Waals surface area contributed by atoms with E-state index in [0.717, 1.165) is 27.1 Å². The molecule has 0 aliphatic carbocycles. The van der Waals surface area contributed by atoms with Crippen molar-refractivity contribution in [2.24, 2.45) is 0 Å². The van der Waals surface area contributed by atoms with Gasteiger partial charge in [0.25, 0.3) is 0 Å². The number of anilines is 2. The molecule has 0 saturated carbocycles. The number of aromatic amines is 1. The van der Waals surface area contributed by atoms with Gasteiger partial charge in [-0.1, -0.05) is 11.6 Å². The maximum atomic E-state index is 5.93. The Kier molecular flexibility index (Phi) is 3.70. The number of halogens is 1. The molecule has 6 nitrogen and oxygen atoms in total. The summed E-state index contributed by atoms with van der Waals surface area (Å²) in [6.07, 6.45) is 1.61. The van der Waals surface area contributed by atoms with Gasteiger partial charge < -0.3 is 15.6 Å². The molecule has 0 bridgehead atoms. The summed E-state index contributed by atoms with van der Waals surface area (Å²) in [5.74, 6) is 1.30. The molecule has 0 aliphatic heterocycles. The molecule has 3 heterocycles. The van der Waals surface area contributed by atoms with E-state index in [2.05, 4.69) is 30.6 Å². The first-order valence-corrected chi connectivity index (χ1v) is 7.39. The number of thiophene rings is 1. The number of fused-ring (bicyclic) bond motifs is 1. The predicted octanol–water partition coefficient (Wildman–Crippen LogP) is 3.11. The lowest BCUT2D eigenvalue weighted by Gasteiger charge is -2.07. The van der Waals surface area contributed by atoms with Crippen LogP contribution in [0, 0.1) is 0 Å². The number of aromatic nitrogens is 4. The third-order valence-electron chi connectivity index (χ3n) is 2.68. The molecule has 0 amide bonds. The van der Waals surface area contributed by atoms with Crippen molar-refractivity contribution in [2.75, 3.05) is 17.2 Å². The Hall–Kier alpha value is -1.86. The highest BCUT2D eigenvalue weighted by atomic mass is 35.5. The van der Waals surface area contributed by atoms with Crippen LogP contribution in [-0.2, 0) is 6.54 Å².